The molecule has 0 N–H and O–H groups in total. The number of cyclic esters (lactones) is 2. The number of rotatable bonds is 1. The first kappa shape index (κ1) is 9.68. The van der Waals surface area contributed by atoms with Crippen molar-refractivity contribution in [3.05, 3.63) is 21.3 Å². The van der Waals surface area contributed by atoms with E-state index in [0.717, 1.165) is 4.88 Å². The van der Waals surface area contributed by atoms with Crippen molar-refractivity contribution in [3.8, 4) is 0 Å². The van der Waals surface area contributed by atoms with E-state index in [-0.39, 0.29) is 6.42 Å². The van der Waals surface area contributed by atoms with Crippen molar-refractivity contribution < 1.29 is 14.3 Å². The molecule has 1 aromatic heterocycles. The molecule has 0 aliphatic carbocycles. The Morgan fingerprint density at radius 2 is 2.21 bits per heavy atom. The number of halogens is 1. The molecular formula is C9H7ClO3S. The van der Waals surface area contributed by atoms with Crippen LogP contribution in [0.1, 0.15) is 18.2 Å². The van der Waals surface area contributed by atoms with E-state index < -0.39 is 17.4 Å². The topological polar surface area (TPSA) is 43.4 Å². The smallest absolute Gasteiger partial charge is 0.325 e. The van der Waals surface area contributed by atoms with Gasteiger partial charge in [0.25, 0.3) is 0 Å². The minimum Gasteiger partial charge on any atom is -0.392 e. The fraction of sp³-hybridized carbons (Fsp3) is 0.333. The molecule has 1 aromatic rings. The number of hydrogen-bond donors (Lipinski definition) is 0. The molecule has 1 aliphatic rings. The van der Waals surface area contributed by atoms with Crippen molar-refractivity contribution in [2.24, 2.45) is 0 Å². The zero-order valence-corrected chi connectivity index (χ0v) is 8.95. The van der Waals surface area contributed by atoms with E-state index in [4.69, 9.17) is 11.6 Å². The molecular weight excluding hydrogens is 224 g/mol. The lowest BCUT2D eigenvalue weighted by atomic mass is 9.87. The molecule has 0 bridgehead atoms. The predicted molar refractivity (Wildman–Crippen MR) is 52.4 cm³/mol. The van der Waals surface area contributed by atoms with Crippen molar-refractivity contribution in [3.63, 3.8) is 0 Å². The molecule has 5 heteroatoms. The molecule has 0 radical (unpaired) electrons. The largest absolute Gasteiger partial charge is 0.392 e. The third-order valence-electron chi connectivity index (χ3n) is 2.27. The van der Waals surface area contributed by atoms with Crippen molar-refractivity contribution in [2.45, 2.75) is 18.8 Å². The monoisotopic (exact) mass is 230 g/mol. The van der Waals surface area contributed by atoms with Gasteiger partial charge in [-0.3, -0.25) is 9.59 Å². The number of thiophene rings is 1. The summed E-state index contributed by atoms with van der Waals surface area (Å²) in [6, 6.07) is 3.47. The van der Waals surface area contributed by atoms with E-state index in [1.165, 1.54) is 11.3 Å². The second-order valence-electron chi connectivity index (χ2n) is 3.37. The highest BCUT2D eigenvalue weighted by Gasteiger charge is 2.47. The van der Waals surface area contributed by atoms with E-state index in [1.807, 2.05) is 0 Å². The van der Waals surface area contributed by atoms with Crippen LogP contribution in [0.15, 0.2) is 12.1 Å². The summed E-state index contributed by atoms with van der Waals surface area (Å²) in [6.07, 6.45) is 0.0999. The Hall–Kier alpha value is -0.870. The lowest BCUT2D eigenvalue weighted by Crippen LogP contribution is -2.26. The predicted octanol–water partition coefficient (Wildman–Crippen LogP) is 2.13. The van der Waals surface area contributed by atoms with E-state index in [2.05, 4.69) is 4.74 Å². The van der Waals surface area contributed by atoms with E-state index >= 15 is 0 Å². The highest BCUT2D eigenvalue weighted by molar-refractivity contribution is 7.16. The molecule has 3 nitrogen and oxygen atoms in total. The minimum absolute atomic E-state index is 0.0999. The van der Waals surface area contributed by atoms with Gasteiger partial charge in [-0.15, -0.1) is 11.3 Å². The summed E-state index contributed by atoms with van der Waals surface area (Å²) in [5.74, 6) is -0.956. The van der Waals surface area contributed by atoms with Crippen molar-refractivity contribution in [1.29, 1.82) is 0 Å². The van der Waals surface area contributed by atoms with Crippen LogP contribution in [-0.4, -0.2) is 11.9 Å². The normalized spacial score (nSPS) is 26.7. The van der Waals surface area contributed by atoms with E-state index in [1.54, 1.807) is 19.1 Å². The van der Waals surface area contributed by atoms with Gasteiger partial charge in [-0.25, -0.2) is 0 Å². The zero-order valence-electron chi connectivity index (χ0n) is 7.37. The first-order valence-electron chi connectivity index (χ1n) is 4.03. The quantitative estimate of drug-likeness (QED) is 0.548. The number of carbonyl (C=O) groups is 2. The summed E-state index contributed by atoms with van der Waals surface area (Å²) in [6.45, 7) is 1.70. The molecule has 14 heavy (non-hydrogen) atoms. The third kappa shape index (κ3) is 1.35. The Labute approximate surface area is 89.6 Å². The Bertz CT molecular complexity index is 412. The maximum atomic E-state index is 11.4. The Kier molecular flexibility index (Phi) is 2.12. The number of ether oxygens (including phenoxy) is 1. The van der Waals surface area contributed by atoms with Gasteiger partial charge in [0.15, 0.2) is 0 Å². The molecule has 1 atom stereocenters. The van der Waals surface area contributed by atoms with Crippen molar-refractivity contribution in [2.75, 3.05) is 0 Å². The second kappa shape index (κ2) is 3.07. The summed E-state index contributed by atoms with van der Waals surface area (Å²) in [4.78, 5) is 23.2. The van der Waals surface area contributed by atoms with Crippen LogP contribution in [0.25, 0.3) is 0 Å². The van der Waals surface area contributed by atoms with Gasteiger partial charge in [0.05, 0.1) is 10.8 Å². The van der Waals surface area contributed by atoms with Gasteiger partial charge in [0.2, 0.25) is 0 Å². The van der Waals surface area contributed by atoms with Crippen LogP contribution in [0.5, 0.6) is 0 Å². The van der Waals surface area contributed by atoms with Gasteiger partial charge in [0, 0.05) is 4.88 Å². The zero-order chi connectivity index (χ0) is 10.3. The van der Waals surface area contributed by atoms with Crippen LogP contribution in [0.2, 0.25) is 4.34 Å². The fourth-order valence-electron chi connectivity index (χ4n) is 1.41. The molecule has 1 saturated heterocycles. The molecule has 74 valence electrons. The summed E-state index contributed by atoms with van der Waals surface area (Å²) < 4.78 is 5.13. The molecule has 0 saturated carbocycles. The molecule has 1 fully saturated rings. The van der Waals surface area contributed by atoms with Gasteiger partial charge in [-0.2, -0.15) is 0 Å². The average Bonchev–Trinajstić information content (AvgIpc) is 2.59. The molecule has 2 rings (SSSR count). The second-order valence-corrected chi connectivity index (χ2v) is 5.09. The highest BCUT2D eigenvalue weighted by Crippen LogP contribution is 2.39. The maximum absolute atomic E-state index is 11.4. The molecule has 0 spiro atoms. The molecule has 0 aromatic carbocycles. The van der Waals surface area contributed by atoms with Gasteiger partial charge < -0.3 is 4.74 Å². The lowest BCUT2D eigenvalue weighted by molar-refractivity contribution is -0.153. The molecule has 1 unspecified atom stereocenters. The van der Waals surface area contributed by atoms with Crippen molar-refractivity contribution in [1.82, 2.24) is 0 Å². The molecule has 1 aliphatic heterocycles. The van der Waals surface area contributed by atoms with Crippen LogP contribution in [0.4, 0.5) is 0 Å². The summed E-state index contributed by atoms with van der Waals surface area (Å²) in [7, 11) is 0. The van der Waals surface area contributed by atoms with Crippen LogP contribution in [-0.2, 0) is 19.7 Å². The van der Waals surface area contributed by atoms with Gasteiger partial charge in [-0.1, -0.05) is 11.6 Å². The summed E-state index contributed by atoms with van der Waals surface area (Å²) in [5, 5.41) is 0. The average molecular weight is 231 g/mol. The van der Waals surface area contributed by atoms with E-state index in [0.29, 0.717) is 4.34 Å². The van der Waals surface area contributed by atoms with Crippen LogP contribution in [0, 0.1) is 0 Å². The standard InChI is InChI=1S/C9H7ClO3S/c1-9(4-7(11)13-8(9)12)5-2-3-6(10)14-5/h2-3H,4H2,1H3. The first-order valence-corrected chi connectivity index (χ1v) is 5.23. The highest BCUT2D eigenvalue weighted by atomic mass is 35.5. The summed E-state index contributed by atoms with van der Waals surface area (Å²) in [5.41, 5.74) is -0.838. The van der Waals surface area contributed by atoms with Gasteiger partial charge in [-0.05, 0) is 19.1 Å². The number of esters is 2. The lowest BCUT2D eigenvalue weighted by Gasteiger charge is -2.14. The summed E-state index contributed by atoms with van der Waals surface area (Å²) >= 11 is 7.07. The van der Waals surface area contributed by atoms with Crippen LogP contribution >= 0.6 is 22.9 Å². The van der Waals surface area contributed by atoms with Crippen molar-refractivity contribution >= 4 is 34.9 Å². The molecule has 0 amide bonds. The Morgan fingerprint density at radius 1 is 1.50 bits per heavy atom. The van der Waals surface area contributed by atoms with E-state index in [9.17, 15) is 9.59 Å². The first-order chi connectivity index (χ1) is 6.52. The Balaban J connectivity index is 2.42. The SMILES string of the molecule is CC1(c2ccc(Cl)s2)CC(=O)OC1=O. The van der Waals surface area contributed by atoms with Crippen LogP contribution in [0.3, 0.4) is 0 Å². The van der Waals surface area contributed by atoms with Gasteiger partial charge >= 0.3 is 11.9 Å². The Morgan fingerprint density at radius 3 is 2.64 bits per heavy atom. The maximum Gasteiger partial charge on any atom is 0.325 e. The van der Waals surface area contributed by atoms with Gasteiger partial charge in [0.1, 0.15) is 5.41 Å². The van der Waals surface area contributed by atoms with Crippen LogP contribution < -0.4 is 0 Å². The molecule has 2 heterocycles. The number of hydrogen-bond acceptors (Lipinski definition) is 4. The number of carbonyl (C=O) groups excluding carboxylic acids is 2. The fourth-order valence-corrected chi connectivity index (χ4v) is 2.59. The third-order valence-corrected chi connectivity index (χ3v) is 3.77. The minimum atomic E-state index is -0.838.